The molecule has 0 saturated heterocycles. The van der Waals surface area contributed by atoms with Crippen molar-refractivity contribution in [2.24, 2.45) is 4.01 Å². The number of rotatable bonds is 0. The molecular formula is C5H5NSe. The number of hydrogen-bond donors (Lipinski definition) is 0. The van der Waals surface area contributed by atoms with Gasteiger partial charge in [-0.15, -0.1) is 0 Å². The average Bonchev–Trinajstić information content (AvgIpc) is 1.90. The Morgan fingerprint density at radius 2 is 2.14 bits per heavy atom. The van der Waals surface area contributed by atoms with E-state index in [1.807, 2.05) is 24.4 Å². The quantitative estimate of drug-likeness (QED) is 0.461. The van der Waals surface area contributed by atoms with Crippen LogP contribution >= 0.6 is 0 Å². The monoisotopic (exact) mass is 159 g/mol. The second kappa shape index (κ2) is 2.78. The van der Waals surface area contributed by atoms with E-state index in [2.05, 4.69) is 8.98 Å². The van der Waals surface area contributed by atoms with Crippen LogP contribution in [0.3, 0.4) is 0 Å². The number of allylic oxidation sites excluding steroid dienone is 3. The molecule has 0 aromatic carbocycles. The van der Waals surface area contributed by atoms with Gasteiger partial charge in [-0.2, -0.15) is 0 Å². The molecule has 0 aliphatic carbocycles. The maximum absolute atomic E-state index is 4.03. The summed E-state index contributed by atoms with van der Waals surface area (Å²) >= 11 is 0.365. The summed E-state index contributed by atoms with van der Waals surface area (Å²) in [5.41, 5.74) is 0. The molecule has 36 valence electrons. The van der Waals surface area contributed by atoms with Crippen LogP contribution in [0.15, 0.2) is 27.2 Å². The average molecular weight is 158 g/mol. The van der Waals surface area contributed by atoms with Crippen LogP contribution in [0.25, 0.3) is 0 Å². The standard InChI is InChI=1S/C5H5NSe/c1-2-4-6-7-5-3-1/h1-5H. The minimum atomic E-state index is 0.365. The Hall–Kier alpha value is -0.331. The SMILES string of the molecule is C1=CC=N[Se]C=C1. The first-order chi connectivity index (χ1) is 3.50. The van der Waals surface area contributed by atoms with E-state index in [9.17, 15) is 0 Å². The van der Waals surface area contributed by atoms with Crippen molar-refractivity contribution in [2.75, 3.05) is 0 Å². The van der Waals surface area contributed by atoms with E-state index in [1.54, 1.807) is 0 Å². The third-order valence-corrected chi connectivity index (χ3v) is 1.67. The van der Waals surface area contributed by atoms with E-state index in [1.165, 1.54) is 0 Å². The summed E-state index contributed by atoms with van der Waals surface area (Å²) < 4.78 is 4.03. The molecule has 0 spiro atoms. The summed E-state index contributed by atoms with van der Waals surface area (Å²) in [7, 11) is 0. The van der Waals surface area contributed by atoms with E-state index in [0.717, 1.165) is 0 Å². The molecule has 0 atom stereocenters. The molecule has 0 saturated carbocycles. The Bertz CT molecular complexity index is 110. The summed E-state index contributed by atoms with van der Waals surface area (Å²) in [6.07, 6.45) is 7.77. The molecular weight excluding hydrogens is 153 g/mol. The maximum atomic E-state index is 4.03. The summed E-state index contributed by atoms with van der Waals surface area (Å²) in [5.74, 6) is 0. The Labute approximate surface area is 49.2 Å². The first kappa shape index (κ1) is 4.82. The van der Waals surface area contributed by atoms with Gasteiger partial charge in [-0.3, -0.25) is 0 Å². The van der Waals surface area contributed by atoms with E-state index < -0.39 is 0 Å². The van der Waals surface area contributed by atoms with Gasteiger partial charge >= 0.3 is 48.6 Å². The van der Waals surface area contributed by atoms with Crippen molar-refractivity contribution in [3.05, 3.63) is 23.2 Å². The molecule has 0 radical (unpaired) electrons. The fraction of sp³-hybridized carbons (Fsp3) is 0. The van der Waals surface area contributed by atoms with Crippen LogP contribution in [0.5, 0.6) is 0 Å². The minimum absolute atomic E-state index is 0.365. The summed E-state index contributed by atoms with van der Waals surface area (Å²) in [4.78, 5) is 2.08. The third-order valence-electron chi connectivity index (χ3n) is 0.569. The van der Waals surface area contributed by atoms with Gasteiger partial charge in [-0.25, -0.2) is 0 Å². The molecule has 1 aliphatic heterocycles. The van der Waals surface area contributed by atoms with Gasteiger partial charge < -0.3 is 0 Å². The fourth-order valence-electron chi connectivity index (χ4n) is 0.300. The van der Waals surface area contributed by atoms with Gasteiger partial charge in [0.05, 0.1) is 0 Å². The molecule has 1 rings (SSSR count). The van der Waals surface area contributed by atoms with Crippen LogP contribution in [-0.2, 0) is 0 Å². The molecule has 0 N–H and O–H groups in total. The Morgan fingerprint density at radius 1 is 1.14 bits per heavy atom. The van der Waals surface area contributed by atoms with Crippen LogP contribution in [0.1, 0.15) is 0 Å². The van der Waals surface area contributed by atoms with E-state index in [-0.39, 0.29) is 0 Å². The van der Waals surface area contributed by atoms with Crippen LogP contribution in [0.4, 0.5) is 0 Å². The molecule has 0 bridgehead atoms. The second-order valence-corrected chi connectivity index (χ2v) is 2.53. The van der Waals surface area contributed by atoms with Crippen molar-refractivity contribution >= 4 is 21.4 Å². The summed E-state index contributed by atoms with van der Waals surface area (Å²) in [5, 5.41) is 0. The summed E-state index contributed by atoms with van der Waals surface area (Å²) in [6, 6.07) is 0. The van der Waals surface area contributed by atoms with Gasteiger partial charge in [-0.05, 0) is 0 Å². The first-order valence-electron chi connectivity index (χ1n) is 2.01. The normalized spacial score (nSPS) is 17.1. The zero-order valence-electron chi connectivity index (χ0n) is 3.74. The van der Waals surface area contributed by atoms with Gasteiger partial charge in [0.15, 0.2) is 0 Å². The van der Waals surface area contributed by atoms with E-state index in [0.29, 0.717) is 15.2 Å². The van der Waals surface area contributed by atoms with Crippen molar-refractivity contribution in [1.29, 1.82) is 0 Å². The molecule has 7 heavy (non-hydrogen) atoms. The molecule has 1 heterocycles. The molecule has 1 nitrogen and oxygen atoms in total. The summed E-state index contributed by atoms with van der Waals surface area (Å²) in [6.45, 7) is 0. The molecule has 0 amide bonds. The van der Waals surface area contributed by atoms with Crippen molar-refractivity contribution < 1.29 is 0 Å². The Balaban J connectivity index is 2.60. The van der Waals surface area contributed by atoms with Gasteiger partial charge in [0, 0.05) is 0 Å². The Kier molecular flexibility index (Phi) is 1.91. The Morgan fingerprint density at radius 3 is 3.14 bits per heavy atom. The third kappa shape index (κ3) is 1.72. The molecule has 0 unspecified atom stereocenters. The van der Waals surface area contributed by atoms with Gasteiger partial charge in [0.1, 0.15) is 0 Å². The van der Waals surface area contributed by atoms with Crippen LogP contribution in [0, 0.1) is 0 Å². The zero-order valence-corrected chi connectivity index (χ0v) is 5.46. The van der Waals surface area contributed by atoms with Crippen molar-refractivity contribution in [3.8, 4) is 0 Å². The van der Waals surface area contributed by atoms with Gasteiger partial charge in [0.2, 0.25) is 0 Å². The fourth-order valence-corrected chi connectivity index (χ4v) is 1.08. The predicted molar refractivity (Wildman–Crippen MR) is 32.5 cm³/mol. The second-order valence-electron chi connectivity index (χ2n) is 1.07. The predicted octanol–water partition coefficient (Wildman–Crippen LogP) is 0.760. The first-order valence-corrected chi connectivity index (χ1v) is 3.76. The molecule has 1 aliphatic rings. The molecule has 0 aromatic heterocycles. The van der Waals surface area contributed by atoms with Crippen molar-refractivity contribution in [3.63, 3.8) is 0 Å². The zero-order chi connectivity index (χ0) is 4.95. The molecule has 2 heteroatoms. The van der Waals surface area contributed by atoms with Crippen molar-refractivity contribution in [2.45, 2.75) is 0 Å². The number of hydrogen-bond acceptors (Lipinski definition) is 1. The van der Waals surface area contributed by atoms with Gasteiger partial charge in [0.25, 0.3) is 0 Å². The van der Waals surface area contributed by atoms with Crippen LogP contribution in [-0.4, -0.2) is 21.4 Å². The van der Waals surface area contributed by atoms with Gasteiger partial charge in [-0.1, -0.05) is 0 Å². The molecule has 0 fully saturated rings. The molecule has 0 aromatic rings. The van der Waals surface area contributed by atoms with E-state index in [4.69, 9.17) is 0 Å². The van der Waals surface area contributed by atoms with Crippen LogP contribution < -0.4 is 0 Å². The topological polar surface area (TPSA) is 12.4 Å². The van der Waals surface area contributed by atoms with Crippen LogP contribution in [0.2, 0.25) is 0 Å². The van der Waals surface area contributed by atoms with E-state index >= 15 is 0 Å². The van der Waals surface area contributed by atoms with Crippen molar-refractivity contribution in [1.82, 2.24) is 0 Å². The number of nitrogens with zero attached hydrogens (tertiary/aromatic N) is 1.